The lowest BCUT2D eigenvalue weighted by Crippen LogP contribution is -2.40. The Kier molecular flexibility index (Phi) is 7.48. The molecule has 3 heterocycles. The molecule has 0 atom stereocenters. The average Bonchev–Trinajstić information content (AvgIpc) is 3.41. The molecule has 5 rings (SSSR count). The minimum atomic E-state index is -0.0328. The van der Waals surface area contributed by atoms with Crippen molar-refractivity contribution in [3.63, 3.8) is 0 Å². The molecule has 1 aromatic heterocycles. The van der Waals surface area contributed by atoms with Gasteiger partial charge in [0.05, 0.1) is 6.61 Å². The van der Waals surface area contributed by atoms with E-state index in [1.54, 1.807) is 0 Å². The van der Waals surface area contributed by atoms with Crippen molar-refractivity contribution in [1.82, 2.24) is 15.1 Å². The molecule has 0 spiro atoms. The molecule has 2 fully saturated rings. The minimum Gasteiger partial charge on any atom is -0.494 e. The van der Waals surface area contributed by atoms with Gasteiger partial charge in [-0.1, -0.05) is 48.0 Å². The zero-order valence-electron chi connectivity index (χ0n) is 19.6. The minimum absolute atomic E-state index is 0.0328. The number of halogens is 1. The highest BCUT2D eigenvalue weighted by Crippen LogP contribution is 2.36. The summed E-state index contributed by atoms with van der Waals surface area (Å²) in [6, 6.07) is 16.6. The van der Waals surface area contributed by atoms with Crippen LogP contribution in [-0.4, -0.2) is 61.1 Å². The van der Waals surface area contributed by atoms with E-state index in [4.69, 9.17) is 21.1 Å². The molecule has 3 aromatic rings. The summed E-state index contributed by atoms with van der Waals surface area (Å²) >= 11 is 6.26. The van der Waals surface area contributed by atoms with Crippen molar-refractivity contribution in [2.75, 3.05) is 51.3 Å². The third kappa shape index (κ3) is 5.29. The molecule has 180 valence electrons. The van der Waals surface area contributed by atoms with Crippen molar-refractivity contribution in [3.05, 3.63) is 59.2 Å². The molecule has 7 heteroatoms. The number of nitrogens with zero attached hydrogens (tertiary/aromatic N) is 3. The predicted octanol–water partition coefficient (Wildman–Crippen LogP) is 5.31. The molecule has 0 aliphatic carbocycles. The fraction of sp³-hybridized carbons (Fsp3) is 0.481. The quantitative estimate of drug-likeness (QED) is 0.419. The van der Waals surface area contributed by atoms with Crippen molar-refractivity contribution >= 4 is 28.2 Å². The Morgan fingerprint density at radius 3 is 2.47 bits per heavy atom. The fourth-order valence-electron chi connectivity index (χ4n) is 5.17. The van der Waals surface area contributed by atoms with Gasteiger partial charge < -0.3 is 19.7 Å². The Morgan fingerprint density at radius 1 is 0.971 bits per heavy atom. The van der Waals surface area contributed by atoms with Crippen LogP contribution >= 0.6 is 11.6 Å². The number of fused-ring (bicyclic) bond motifs is 1. The highest BCUT2D eigenvalue weighted by molar-refractivity contribution is 6.34. The van der Waals surface area contributed by atoms with E-state index in [0.29, 0.717) is 5.15 Å². The number of benzene rings is 2. The normalized spacial score (nSPS) is 18.3. The maximum absolute atomic E-state index is 6.26. The van der Waals surface area contributed by atoms with Gasteiger partial charge in [0.2, 0.25) is 0 Å². The summed E-state index contributed by atoms with van der Waals surface area (Å²) in [7, 11) is 0. The summed E-state index contributed by atoms with van der Waals surface area (Å²) in [5.74, 6) is 1.71. The third-order valence-electron chi connectivity index (χ3n) is 7.24. The van der Waals surface area contributed by atoms with Crippen LogP contribution in [0.1, 0.15) is 37.7 Å². The standard InChI is InChI=1S/C27H33ClN4O2/c28-25-23-6-1-2-7-24(23)26(31-30-25)29-20-27(12-18-33-19-13-27)21-8-10-22(11-9-21)34-17-5-16-32-14-3-4-15-32/h1-2,6-11H,3-5,12-20H2,(H,29,31). The number of nitrogens with one attached hydrogen (secondary N) is 1. The number of ether oxygens (including phenoxy) is 2. The first kappa shape index (κ1) is 23.3. The van der Waals surface area contributed by atoms with E-state index in [-0.39, 0.29) is 5.41 Å². The summed E-state index contributed by atoms with van der Waals surface area (Å²) in [6.07, 6.45) is 5.66. The van der Waals surface area contributed by atoms with E-state index in [9.17, 15) is 0 Å². The molecule has 1 N–H and O–H groups in total. The molecule has 0 amide bonds. The van der Waals surface area contributed by atoms with Crippen molar-refractivity contribution in [2.24, 2.45) is 0 Å². The van der Waals surface area contributed by atoms with Gasteiger partial charge in [0.25, 0.3) is 0 Å². The first-order valence-corrected chi connectivity index (χ1v) is 12.8. The molecule has 2 saturated heterocycles. The molecular formula is C27H33ClN4O2. The highest BCUT2D eigenvalue weighted by Gasteiger charge is 2.34. The number of aromatic nitrogens is 2. The van der Waals surface area contributed by atoms with Gasteiger partial charge in [0, 0.05) is 42.5 Å². The second-order valence-corrected chi connectivity index (χ2v) is 9.76. The van der Waals surface area contributed by atoms with Crippen LogP contribution < -0.4 is 10.1 Å². The first-order valence-electron chi connectivity index (χ1n) is 12.4. The van der Waals surface area contributed by atoms with Crippen molar-refractivity contribution in [1.29, 1.82) is 0 Å². The number of hydrogen-bond donors (Lipinski definition) is 1. The zero-order chi connectivity index (χ0) is 23.2. The zero-order valence-corrected chi connectivity index (χ0v) is 20.4. The Hall–Kier alpha value is -2.41. The van der Waals surface area contributed by atoms with E-state index in [1.807, 2.05) is 24.3 Å². The lowest BCUT2D eigenvalue weighted by molar-refractivity contribution is 0.0543. The van der Waals surface area contributed by atoms with Gasteiger partial charge in [-0.15, -0.1) is 10.2 Å². The Bertz CT molecular complexity index is 1080. The van der Waals surface area contributed by atoms with E-state index in [0.717, 1.165) is 74.5 Å². The van der Waals surface area contributed by atoms with Crippen LogP contribution in [0, 0.1) is 0 Å². The predicted molar refractivity (Wildman–Crippen MR) is 137 cm³/mol. The van der Waals surface area contributed by atoms with Gasteiger partial charge >= 0.3 is 0 Å². The Balaban J connectivity index is 1.25. The molecule has 2 aromatic carbocycles. The van der Waals surface area contributed by atoms with Crippen LogP contribution in [0.3, 0.4) is 0 Å². The topological polar surface area (TPSA) is 59.5 Å². The van der Waals surface area contributed by atoms with Gasteiger partial charge in [0.1, 0.15) is 5.75 Å². The summed E-state index contributed by atoms with van der Waals surface area (Å²) in [5, 5.41) is 14.4. The Labute approximate surface area is 206 Å². The Morgan fingerprint density at radius 2 is 1.71 bits per heavy atom. The number of hydrogen-bond acceptors (Lipinski definition) is 6. The number of rotatable bonds is 9. The van der Waals surface area contributed by atoms with Crippen molar-refractivity contribution < 1.29 is 9.47 Å². The molecule has 0 unspecified atom stereocenters. The maximum atomic E-state index is 6.26. The summed E-state index contributed by atoms with van der Waals surface area (Å²) < 4.78 is 11.7. The SMILES string of the molecule is Clc1nnc(NCC2(c3ccc(OCCCN4CCCC4)cc3)CCOCC2)c2ccccc12. The second-order valence-electron chi connectivity index (χ2n) is 9.41. The molecule has 0 saturated carbocycles. The lowest BCUT2D eigenvalue weighted by atomic mass is 9.74. The van der Waals surface area contributed by atoms with Gasteiger partial charge in [-0.3, -0.25) is 0 Å². The fourth-order valence-corrected chi connectivity index (χ4v) is 5.38. The van der Waals surface area contributed by atoms with E-state index in [2.05, 4.69) is 44.7 Å². The van der Waals surface area contributed by atoms with Crippen LogP contribution in [0.4, 0.5) is 5.82 Å². The van der Waals surface area contributed by atoms with Crippen LogP contribution in [0.5, 0.6) is 5.75 Å². The lowest BCUT2D eigenvalue weighted by Gasteiger charge is -2.38. The molecule has 0 bridgehead atoms. The summed E-state index contributed by atoms with van der Waals surface area (Å²) in [5.41, 5.74) is 1.27. The maximum Gasteiger partial charge on any atom is 0.159 e. The monoisotopic (exact) mass is 480 g/mol. The van der Waals surface area contributed by atoms with Crippen LogP contribution in [0.2, 0.25) is 5.15 Å². The van der Waals surface area contributed by atoms with Gasteiger partial charge in [0.15, 0.2) is 11.0 Å². The molecule has 0 radical (unpaired) electrons. The molecule has 34 heavy (non-hydrogen) atoms. The van der Waals surface area contributed by atoms with E-state index < -0.39 is 0 Å². The van der Waals surface area contributed by atoms with Crippen LogP contribution in [-0.2, 0) is 10.2 Å². The van der Waals surface area contributed by atoms with Crippen LogP contribution in [0.25, 0.3) is 10.8 Å². The molecule has 2 aliphatic heterocycles. The summed E-state index contributed by atoms with van der Waals surface area (Å²) in [4.78, 5) is 2.53. The first-order chi connectivity index (χ1) is 16.7. The van der Waals surface area contributed by atoms with Crippen LogP contribution in [0.15, 0.2) is 48.5 Å². The largest absolute Gasteiger partial charge is 0.494 e. The average molecular weight is 481 g/mol. The smallest absolute Gasteiger partial charge is 0.159 e. The second kappa shape index (κ2) is 10.9. The number of anilines is 1. The molecular weight excluding hydrogens is 448 g/mol. The molecule has 6 nitrogen and oxygen atoms in total. The van der Waals surface area contributed by atoms with Crippen molar-refractivity contribution in [2.45, 2.75) is 37.5 Å². The third-order valence-corrected chi connectivity index (χ3v) is 7.52. The van der Waals surface area contributed by atoms with E-state index in [1.165, 1.54) is 31.5 Å². The van der Waals surface area contributed by atoms with E-state index >= 15 is 0 Å². The van der Waals surface area contributed by atoms with Crippen molar-refractivity contribution in [3.8, 4) is 5.75 Å². The highest BCUT2D eigenvalue weighted by atomic mass is 35.5. The van der Waals surface area contributed by atoms with Gasteiger partial charge in [-0.2, -0.15) is 0 Å². The summed E-state index contributed by atoms with van der Waals surface area (Å²) in [6.45, 7) is 6.64. The van der Waals surface area contributed by atoms with Gasteiger partial charge in [-0.25, -0.2) is 0 Å². The number of likely N-dealkylation sites (tertiary alicyclic amines) is 1. The van der Waals surface area contributed by atoms with Gasteiger partial charge in [-0.05, 0) is 62.9 Å². The molecule has 2 aliphatic rings.